The van der Waals surface area contributed by atoms with E-state index in [0.29, 0.717) is 32.8 Å². The van der Waals surface area contributed by atoms with Gasteiger partial charge in [-0.1, -0.05) is 59.1 Å². The standard InChI is InChI=1S/C27H21Cl3N2O5S/c1-16-6-8-18(14-20(16)29)31-25(33)15-37-23-9-7-17(12-21(23)30)13-24-26(34)32(27(35)38-24)10-11-36-22-5-3-2-4-19(22)28/h2-9,12-14H,10-11,15H2,1H3,(H,31,33)/b24-13-. The topological polar surface area (TPSA) is 84.9 Å². The van der Waals surface area contributed by atoms with Crippen LogP contribution in [0.5, 0.6) is 11.5 Å². The van der Waals surface area contributed by atoms with Gasteiger partial charge in [-0.05, 0) is 72.3 Å². The SMILES string of the molecule is Cc1ccc(NC(=O)COc2ccc(/C=C3\SC(=O)N(CCOc4ccccc4Cl)C3=O)cc2Cl)cc1Cl. The largest absolute Gasteiger partial charge is 0.490 e. The maximum absolute atomic E-state index is 12.8. The molecule has 11 heteroatoms. The number of carbonyl (C=O) groups excluding carboxylic acids is 3. The Labute approximate surface area is 238 Å². The molecular formula is C27H21Cl3N2O5S. The van der Waals surface area contributed by atoms with E-state index < -0.39 is 11.1 Å². The summed E-state index contributed by atoms with van der Waals surface area (Å²) in [6, 6.07) is 17.0. The number of imide groups is 1. The number of carbonyl (C=O) groups is 3. The molecule has 0 saturated carbocycles. The highest BCUT2D eigenvalue weighted by Gasteiger charge is 2.34. The molecule has 1 heterocycles. The van der Waals surface area contributed by atoms with E-state index >= 15 is 0 Å². The number of nitrogens with zero attached hydrogens (tertiary/aromatic N) is 1. The van der Waals surface area contributed by atoms with E-state index in [1.165, 1.54) is 0 Å². The van der Waals surface area contributed by atoms with E-state index in [2.05, 4.69) is 5.32 Å². The van der Waals surface area contributed by atoms with Crippen LogP contribution in [0.1, 0.15) is 11.1 Å². The van der Waals surface area contributed by atoms with E-state index in [0.717, 1.165) is 22.2 Å². The number of benzene rings is 3. The fraction of sp³-hybridized carbons (Fsp3) is 0.148. The first-order chi connectivity index (χ1) is 18.2. The molecule has 1 aliphatic rings. The van der Waals surface area contributed by atoms with Gasteiger partial charge in [0.1, 0.15) is 18.1 Å². The monoisotopic (exact) mass is 590 g/mol. The smallest absolute Gasteiger partial charge is 0.293 e. The first-order valence-electron chi connectivity index (χ1n) is 11.3. The van der Waals surface area contributed by atoms with E-state index in [9.17, 15) is 14.4 Å². The van der Waals surface area contributed by atoms with Crippen molar-refractivity contribution in [2.45, 2.75) is 6.92 Å². The van der Waals surface area contributed by atoms with Crippen LogP contribution >= 0.6 is 46.6 Å². The van der Waals surface area contributed by atoms with Crippen molar-refractivity contribution in [1.82, 2.24) is 4.90 Å². The number of halogens is 3. The Morgan fingerprint density at radius 1 is 0.947 bits per heavy atom. The van der Waals surface area contributed by atoms with Crippen molar-refractivity contribution in [2.24, 2.45) is 0 Å². The summed E-state index contributed by atoms with van der Waals surface area (Å²) in [4.78, 5) is 38.8. The minimum atomic E-state index is -0.424. The van der Waals surface area contributed by atoms with Crippen LogP contribution in [0, 0.1) is 6.92 Å². The minimum absolute atomic E-state index is 0.0810. The van der Waals surface area contributed by atoms with Crippen molar-refractivity contribution in [3.8, 4) is 11.5 Å². The number of aryl methyl sites for hydroxylation is 1. The number of anilines is 1. The lowest BCUT2D eigenvalue weighted by Crippen LogP contribution is -2.32. The summed E-state index contributed by atoms with van der Waals surface area (Å²) in [5.41, 5.74) is 2.05. The highest BCUT2D eigenvalue weighted by molar-refractivity contribution is 8.18. The molecule has 7 nitrogen and oxygen atoms in total. The molecule has 0 bridgehead atoms. The van der Waals surface area contributed by atoms with Crippen LogP contribution in [0.15, 0.2) is 65.6 Å². The Morgan fingerprint density at radius 3 is 2.45 bits per heavy atom. The Morgan fingerprint density at radius 2 is 1.71 bits per heavy atom. The minimum Gasteiger partial charge on any atom is -0.490 e. The quantitative estimate of drug-likeness (QED) is 0.268. The summed E-state index contributed by atoms with van der Waals surface area (Å²) in [5.74, 6) is -0.0271. The molecule has 1 saturated heterocycles. The number of rotatable bonds is 9. The summed E-state index contributed by atoms with van der Waals surface area (Å²) < 4.78 is 11.1. The number of nitrogens with one attached hydrogen (secondary N) is 1. The van der Waals surface area contributed by atoms with Gasteiger partial charge in [0.25, 0.3) is 17.1 Å². The molecule has 0 spiro atoms. The molecule has 0 atom stereocenters. The van der Waals surface area contributed by atoms with Crippen LogP contribution in [-0.4, -0.2) is 41.7 Å². The number of amides is 3. The molecular weight excluding hydrogens is 571 g/mol. The van der Waals surface area contributed by atoms with Crippen molar-refractivity contribution >= 4 is 75.4 Å². The van der Waals surface area contributed by atoms with Crippen molar-refractivity contribution in [3.63, 3.8) is 0 Å². The fourth-order valence-electron chi connectivity index (χ4n) is 3.39. The van der Waals surface area contributed by atoms with Crippen molar-refractivity contribution < 1.29 is 23.9 Å². The molecule has 3 aromatic rings. The average molecular weight is 592 g/mol. The molecule has 3 amide bonds. The van der Waals surface area contributed by atoms with Gasteiger partial charge in [0, 0.05) is 10.7 Å². The van der Waals surface area contributed by atoms with E-state index in [4.69, 9.17) is 44.3 Å². The second-order valence-electron chi connectivity index (χ2n) is 8.10. The van der Waals surface area contributed by atoms with Crippen LogP contribution in [-0.2, 0) is 9.59 Å². The van der Waals surface area contributed by atoms with Gasteiger partial charge in [0.05, 0.1) is 21.5 Å². The van der Waals surface area contributed by atoms with Gasteiger partial charge in [-0.15, -0.1) is 0 Å². The summed E-state index contributed by atoms with van der Waals surface area (Å²) in [7, 11) is 0. The van der Waals surface area contributed by atoms with Crippen LogP contribution < -0.4 is 14.8 Å². The predicted octanol–water partition coefficient (Wildman–Crippen LogP) is 7.09. The summed E-state index contributed by atoms with van der Waals surface area (Å²) in [6.45, 7) is 1.79. The molecule has 3 aromatic carbocycles. The maximum atomic E-state index is 12.8. The molecule has 0 aromatic heterocycles. The lowest BCUT2D eigenvalue weighted by atomic mass is 10.2. The van der Waals surface area contributed by atoms with Gasteiger partial charge in [-0.3, -0.25) is 19.3 Å². The molecule has 1 N–H and O–H groups in total. The van der Waals surface area contributed by atoms with Gasteiger partial charge < -0.3 is 14.8 Å². The number of hydrogen-bond acceptors (Lipinski definition) is 6. The third-order valence-corrected chi connectivity index (χ3v) is 7.27. The van der Waals surface area contributed by atoms with E-state index in [-0.39, 0.29) is 35.6 Å². The van der Waals surface area contributed by atoms with Crippen molar-refractivity contribution in [3.05, 3.63) is 91.8 Å². The average Bonchev–Trinajstić information content (AvgIpc) is 3.14. The normalized spacial score (nSPS) is 14.2. The molecule has 38 heavy (non-hydrogen) atoms. The first kappa shape index (κ1) is 27.9. The molecule has 0 aliphatic carbocycles. The molecule has 196 valence electrons. The molecule has 0 radical (unpaired) electrons. The molecule has 0 unspecified atom stereocenters. The molecule has 1 aliphatic heterocycles. The number of para-hydroxylation sites is 1. The number of hydrogen-bond donors (Lipinski definition) is 1. The second kappa shape index (κ2) is 12.6. The van der Waals surface area contributed by atoms with Gasteiger partial charge in [-0.2, -0.15) is 0 Å². The Hall–Kier alpha value is -3.17. The number of thioether (sulfide) groups is 1. The van der Waals surface area contributed by atoms with Crippen LogP contribution in [0.25, 0.3) is 6.08 Å². The van der Waals surface area contributed by atoms with Crippen molar-refractivity contribution in [2.75, 3.05) is 25.1 Å². The lowest BCUT2D eigenvalue weighted by Gasteiger charge is -2.13. The van der Waals surface area contributed by atoms with E-state index in [1.807, 2.05) is 6.92 Å². The van der Waals surface area contributed by atoms with Gasteiger partial charge in [-0.25, -0.2) is 0 Å². The van der Waals surface area contributed by atoms with E-state index in [1.54, 1.807) is 66.7 Å². The zero-order chi connectivity index (χ0) is 27.2. The van der Waals surface area contributed by atoms with Gasteiger partial charge in [0.15, 0.2) is 6.61 Å². The predicted molar refractivity (Wildman–Crippen MR) is 151 cm³/mol. The summed E-state index contributed by atoms with van der Waals surface area (Å²) >= 11 is 19.3. The highest BCUT2D eigenvalue weighted by Crippen LogP contribution is 2.34. The second-order valence-corrected chi connectivity index (χ2v) is 10.3. The zero-order valence-electron chi connectivity index (χ0n) is 20.0. The third kappa shape index (κ3) is 7.02. The van der Waals surface area contributed by atoms with Crippen molar-refractivity contribution in [1.29, 1.82) is 0 Å². The van der Waals surface area contributed by atoms with Gasteiger partial charge >= 0.3 is 0 Å². The summed E-state index contributed by atoms with van der Waals surface area (Å²) in [6.07, 6.45) is 1.57. The van der Waals surface area contributed by atoms with Crippen LogP contribution in [0.2, 0.25) is 15.1 Å². The fourth-order valence-corrected chi connectivity index (χ4v) is 4.87. The maximum Gasteiger partial charge on any atom is 0.293 e. The zero-order valence-corrected chi connectivity index (χ0v) is 23.1. The van der Waals surface area contributed by atoms with Crippen LogP contribution in [0.4, 0.5) is 10.5 Å². The molecule has 4 rings (SSSR count). The Balaban J connectivity index is 1.32. The van der Waals surface area contributed by atoms with Crippen LogP contribution in [0.3, 0.4) is 0 Å². The third-order valence-electron chi connectivity index (χ3n) is 5.35. The highest BCUT2D eigenvalue weighted by atomic mass is 35.5. The first-order valence-corrected chi connectivity index (χ1v) is 13.3. The Bertz CT molecular complexity index is 1430. The molecule has 1 fully saturated rings. The number of ether oxygens (including phenoxy) is 2. The Kier molecular flexibility index (Phi) is 9.22. The summed E-state index contributed by atoms with van der Waals surface area (Å²) in [5, 5.41) is 3.55. The van der Waals surface area contributed by atoms with Gasteiger partial charge in [0.2, 0.25) is 0 Å². The lowest BCUT2D eigenvalue weighted by molar-refractivity contribution is -0.123.